The largest absolute Gasteiger partial charge is 0.461 e. The summed E-state index contributed by atoms with van der Waals surface area (Å²) in [6.07, 6.45) is 11.3. The Morgan fingerprint density at radius 1 is 1.04 bits per heavy atom. The number of carbonyl (C=O) groups is 1. The zero-order valence-electron chi connectivity index (χ0n) is 32.7. The van der Waals surface area contributed by atoms with Crippen LogP contribution in [0.2, 0.25) is 0 Å². The number of esters is 1. The SMILES string of the molecule is CCC(C)(N)CCO[C@H]1[C@H](C)C[C@@]23COC[C@@]1(C)[C@@H]2CC[C@H]1C3=CC[C@@]2(C)[C@H](C(=O)OCc3ccccc3)[C@@](C)([C@H](C)C(C)C)CC[C@]12C. The maximum absolute atomic E-state index is 14.7. The van der Waals surface area contributed by atoms with Gasteiger partial charge in [0.15, 0.2) is 0 Å². The Hall–Kier alpha value is -1.69. The van der Waals surface area contributed by atoms with Gasteiger partial charge in [0, 0.05) is 23.0 Å². The van der Waals surface area contributed by atoms with E-state index in [1.165, 1.54) is 12.8 Å². The Kier molecular flexibility index (Phi) is 9.89. The standard InChI is InChI=1S/C44H69NO4/c1-11-39(6,45)23-24-48-37-30(4)25-44-28-47-27-41(37,8)35(44)18-17-33-34(44)19-20-43(10)36(38(46)49-26-32-15-13-12-14-16-32)40(7,31(5)29(2)3)21-22-42(33,43)9/h12-16,19,29-31,33,35-37H,11,17-18,20-28,45H2,1-10H3/t30-,31-,33+,35+,36-,37+,39?,40-,41+,42-,43+,44+/m1/s1. The Bertz CT molecular complexity index is 1390. The zero-order valence-corrected chi connectivity index (χ0v) is 32.7. The highest BCUT2D eigenvalue weighted by molar-refractivity contribution is 5.75. The minimum absolute atomic E-state index is 0.000380. The summed E-state index contributed by atoms with van der Waals surface area (Å²) in [5.41, 5.74) is 8.75. The second-order valence-corrected chi connectivity index (χ2v) is 19.3. The van der Waals surface area contributed by atoms with Gasteiger partial charge in [0.05, 0.1) is 25.2 Å². The van der Waals surface area contributed by atoms with Gasteiger partial charge in [-0.05, 0) is 110 Å². The van der Waals surface area contributed by atoms with Crippen molar-refractivity contribution in [2.24, 2.45) is 68.3 Å². The highest BCUT2D eigenvalue weighted by Crippen LogP contribution is 2.75. The van der Waals surface area contributed by atoms with E-state index in [1.54, 1.807) is 5.57 Å². The number of ether oxygens (including phenoxy) is 3. The monoisotopic (exact) mass is 676 g/mol. The fourth-order valence-electron chi connectivity index (χ4n) is 12.8. The molecule has 3 saturated carbocycles. The quantitative estimate of drug-likeness (QED) is 0.198. The van der Waals surface area contributed by atoms with Crippen LogP contribution in [0, 0.1) is 62.6 Å². The fourth-order valence-corrected chi connectivity index (χ4v) is 12.8. The lowest BCUT2D eigenvalue weighted by atomic mass is 9.34. The molecular formula is C44H69NO4. The van der Waals surface area contributed by atoms with Crippen molar-refractivity contribution in [2.45, 2.75) is 139 Å². The second-order valence-electron chi connectivity index (χ2n) is 19.3. The van der Waals surface area contributed by atoms with Gasteiger partial charge in [0.25, 0.3) is 0 Å². The van der Waals surface area contributed by atoms with Crippen molar-refractivity contribution in [2.75, 3.05) is 19.8 Å². The lowest BCUT2D eigenvalue weighted by Crippen LogP contribution is -2.68. The first-order valence-electron chi connectivity index (χ1n) is 19.9. The van der Waals surface area contributed by atoms with Crippen LogP contribution in [0.3, 0.4) is 0 Å². The molecule has 1 unspecified atom stereocenters. The van der Waals surface area contributed by atoms with Crippen LogP contribution in [0.15, 0.2) is 42.0 Å². The molecule has 49 heavy (non-hydrogen) atoms. The molecule has 4 fully saturated rings. The number of allylic oxidation sites excluding steroid dienone is 1. The molecule has 5 nitrogen and oxygen atoms in total. The van der Waals surface area contributed by atoms with Gasteiger partial charge in [-0.3, -0.25) is 4.79 Å². The maximum Gasteiger partial charge on any atom is 0.310 e. The molecule has 1 heterocycles. The third-order valence-electron chi connectivity index (χ3n) is 16.4. The fraction of sp³-hybridized carbons (Fsp3) is 0.795. The molecule has 1 saturated heterocycles. The Morgan fingerprint density at radius 2 is 1.76 bits per heavy atom. The van der Waals surface area contributed by atoms with E-state index in [2.05, 4.69) is 87.4 Å². The number of nitrogens with two attached hydrogens (primary N) is 1. The van der Waals surface area contributed by atoms with Gasteiger partial charge < -0.3 is 19.9 Å². The molecule has 5 heteroatoms. The molecule has 0 radical (unpaired) electrons. The van der Waals surface area contributed by atoms with E-state index in [0.29, 0.717) is 42.8 Å². The summed E-state index contributed by atoms with van der Waals surface area (Å²) >= 11 is 0. The van der Waals surface area contributed by atoms with Crippen molar-refractivity contribution >= 4 is 5.97 Å². The summed E-state index contributed by atoms with van der Waals surface area (Å²) in [6.45, 7) is 26.4. The van der Waals surface area contributed by atoms with Crippen LogP contribution in [0.4, 0.5) is 0 Å². The summed E-state index contributed by atoms with van der Waals surface area (Å²) in [6, 6.07) is 10.2. The summed E-state index contributed by atoms with van der Waals surface area (Å²) in [7, 11) is 0. The molecule has 12 atom stereocenters. The maximum atomic E-state index is 14.7. The first-order chi connectivity index (χ1) is 23.0. The third-order valence-corrected chi connectivity index (χ3v) is 16.4. The van der Waals surface area contributed by atoms with E-state index in [9.17, 15) is 4.79 Å². The molecule has 0 amide bonds. The van der Waals surface area contributed by atoms with Crippen LogP contribution < -0.4 is 5.73 Å². The van der Waals surface area contributed by atoms with Gasteiger partial charge >= 0.3 is 5.97 Å². The van der Waals surface area contributed by atoms with E-state index < -0.39 is 0 Å². The molecule has 6 rings (SSSR count). The molecule has 274 valence electrons. The zero-order chi connectivity index (χ0) is 35.6. The minimum atomic E-state index is -0.201. The summed E-state index contributed by atoms with van der Waals surface area (Å²) in [5.74, 6) is 2.17. The van der Waals surface area contributed by atoms with Gasteiger partial charge in [0.1, 0.15) is 6.61 Å². The number of fused-ring (bicyclic) bond motifs is 3. The van der Waals surface area contributed by atoms with E-state index in [-0.39, 0.29) is 50.6 Å². The van der Waals surface area contributed by atoms with Gasteiger partial charge in [-0.25, -0.2) is 0 Å². The summed E-state index contributed by atoms with van der Waals surface area (Å²) in [5, 5.41) is 0. The van der Waals surface area contributed by atoms with Crippen LogP contribution in [0.5, 0.6) is 0 Å². The van der Waals surface area contributed by atoms with E-state index in [0.717, 1.165) is 57.3 Å². The molecule has 0 aromatic heterocycles. The van der Waals surface area contributed by atoms with E-state index in [1.807, 2.05) is 18.2 Å². The normalized spacial score (nSPS) is 43.3. The highest BCUT2D eigenvalue weighted by Gasteiger charge is 2.71. The van der Waals surface area contributed by atoms with Crippen LogP contribution in [-0.2, 0) is 25.6 Å². The molecular weight excluding hydrogens is 606 g/mol. The average Bonchev–Trinajstić information content (AvgIpc) is 3.05. The molecule has 1 aliphatic heterocycles. The Labute approximate surface area is 298 Å². The summed E-state index contributed by atoms with van der Waals surface area (Å²) in [4.78, 5) is 14.7. The minimum Gasteiger partial charge on any atom is -0.461 e. The molecule has 5 aliphatic rings. The first-order valence-corrected chi connectivity index (χ1v) is 19.9. The molecule has 4 aliphatic carbocycles. The van der Waals surface area contributed by atoms with Crippen molar-refractivity contribution in [1.29, 1.82) is 0 Å². The number of hydrogen-bond donors (Lipinski definition) is 1. The van der Waals surface area contributed by atoms with Gasteiger partial charge in [-0.1, -0.05) is 104 Å². The third kappa shape index (κ3) is 5.79. The lowest BCUT2D eigenvalue weighted by Gasteiger charge is -2.71. The molecule has 1 aromatic carbocycles. The average molecular weight is 676 g/mol. The second kappa shape index (κ2) is 13.1. The van der Waals surface area contributed by atoms with Gasteiger partial charge in [-0.2, -0.15) is 0 Å². The molecule has 1 aromatic rings. The van der Waals surface area contributed by atoms with Crippen molar-refractivity contribution in [3.05, 3.63) is 47.5 Å². The van der Waals surface area contributed by atoms with Crippen molar-refractivity contribution in [3.8, 4) is 0 Å². The highest BCUT2D eigenvalue weighted by atomic mass is 16.5. The summed E-state index contributed by atoms with van der Waals surface area (Å²) < 4.78 is 19.9. The van der Waals surface area contributed by atoms with E-state index in [4.69, 9.17) is 19.9 Å². The van der Waals surface area contributed by atoms with Crippen molar-refractivity contribution in [3.63, 3.8) is 0 Å². The number of rotatable bonds is 10. The molecule has 2 bridgehead atoms. The predicted octanol–water partition coefficient (Wildman–Crippen LogP) is 9.77. The van der Waals surface area contributed by atoms with Gasteiger partial charge in [-0.15, -0.1) is 0 Å². The Balaban J connectivity index is 1.34. The topological polar surface area (TPSA) is 70.8 Å². The Morgan fingerprint density at radius 3 is 2.43 bits per heavy atom. The van der Waals surface area contributed by atoms with Crippen LogP contribution in [0.1, 0.15) is 126 Å². The van der Waals surface area contributed by atoms with Crippen LogP contribution in [0.25, 0.3) is 0 Å². The predicted molar refractivity (Wildman–Crippen MR) is 199 cm³/mol. The number of benzene rings is 1. The number of hydrogen-bond acceptors (Lipinski definition) is 5. The molecule has 0 spiro atoms. The van der Waals surface area contributed by atoms with Crippen LogP contribution >= 0.6 is 0 Å². The van der Waals surface area contributed by atoms with Gasteiger partial charge in [0.2, 0.25) is 0 Å². The lowest BCUT2D eigenvalue weighted by molar-refractivity contribution is -0.251. The van der Waals surface area contributed by atoms with E-state index >= 15 is 0 Å². The molecule has 2 N–H and O–H groups in total. The smallest absolute Gasteiger partial charge is 0.310 e. The van der Waals surface area contributed by atoms with Crippen LogP contribution in [-0.4, -0.2) is 37.4 Å². The first kappa shape index (κ1) is 37.1. The van der Waals surface area contributed by atoms with Crippen molar-refractivity contribution < 1.29 is 19.0 Å². The van der Waals surface area contributed by atoms with Crippen molar-refractivity contribution in [1.82, 2.24) is 0 Å². The number of carbonyl (C=O) groups excluding carboxylic acids is 1.